The highest BCUT2D eigenvalue weighted by molar-refractivity contribution is 6.32. The van der Waals surface area contributed by atoms with Crippen LogP contribution in [-0.4, -0.2) is 23.3 Å². The van der Waals surface area contributed by atoms with Gasteiger partial charge in [-0.25, -0.2) is 0 Å². The Kier molecular flexibility index (Phi) is 4.95. The number of carbonyl (C=O) groups is 1. The van der Waals surface area contributed by atoms with Crippen LogP contribution in [-0.2, 0) is 9.53 Å². The fraction of sp³-hybridized carbons (Fsp3) is 0.250. The first-order valence-electron chi connectivity index (χ1n) is 6.72. The largest absolute Gasteiger partial charge is 0.506 e. The summed E-state index contributed by atoms with van der Waals surface area (Å²) < 4.78 is 10.1. The third-order valence-electron chi connectivity index (χ3n) is 3.36. The lowest BCUT2D eigenvalue weighted by Crippen LogP contribution is -2.13. The van der Waals surface area contributed by atoms with Gasteiger partial charge in [-0.1, -0.05) is 17.7 Å². The van der Waals surface area contributed by atoms with Crippen molar-refractivity contribution in [2.45, 2.75) is 19.3 Å². The van der Waals surface area contributed by atoms with Crippen LogP contribution in [0.25, 0.3) is 0 Å². The van der Waals surface area contributed by atoms with Crippen LogP contribution in [0, 0.1) is 6.92 Å². The third-order valence-corrected chi connectivity index (χ3v) is 3.66. The standard InChI is InChI=1S/C16H15ClO6/c1-8-5-13(19)15(21)16(23-8)10(7-14(20)22-2)9-3-4-12(18)11(17)6-9/h3-6,10,18,21H,7H2,1-2H3. The topological polar surface area (TPSA) is 97.0 Å². The summed E-state index contributed by atoms with van der Waals surface area (Å²) in [5.74, 6) is -1.79. The van der Waals surface area contributed by atoms with E-state index in [1.54, 1.807) is 6.92 Å². The molecule has 2 aromatic rings. The molecular formula is C16H15ClO6. The summed E-state index contributed by atoms with van der Waals surface area (Å²) in [6.45, 7) is 1.56. The first-order chi connectivity index (χ1) is 10.8. The first-order valence-corrected chi connectivity index (χ1v) is 7.10. The lowest BCUT2D eigenvalue weighted by Gasteiger charge is -2.17. The molecule has 0 aliphatic rings. The van der Waals surface area contributed by atoms with Crippen LogP contribution in [0.5, 0.6) is 11.5 Å². The SMILES string of the molecule is COC(=O)CC(c1ccc(O)c(Cl)c1)c1oc(C)cc(=O)c1O. The smallest absolute Gasteiger partial charge is 0.306 e. The van der Waals surface area contributed by atoms with Crippen molar-refractivity contribution in [3.63, 3.8) is 0 Å². The van der Waals surface area contributed by atoms with Crippen molar-refractivity contribution >= 4 is 17.6 Å². The number of rotatable bonds is 4. The number of methoxy groups -OCH3 is 1. The molecule has 0 aliphatic heterocycles. The molecule has 122 valence electrons. The van der Waals surface area contributed by atoms with Crippen molar-refractivity contribution in [3.05, 3.63) is 56.6 Å². The van der Waals surface area contributed by atoms with E-state index < -0.39 is 23.1 Å². The van der Waals surface area contributed by atoms with Gasteiger partial charge in [-0.15, -0.1) is 0 Å². The molecule has 2 N–H and O–H groups in total. The molecule has 2 rings (SSSR count). The Bertz CT molecular complexity index is 796. The fourth-order valence-electron chi connectivity index (χ4n) is 2.21. The van der Waals surface area contributed by atoms with Crippen molar-refractivity contribution in [1.82, 2.24) is 0 Å². The molecule has 1 unspecified atom stereocenters. The molecule has 1 atom stereocenters. The van der Waals surface area contributed by atoms with Crippen molar-refractivity contribution in [2.24, 2.45) is 0 Å². The average molecular weight is 339 g/mol. The van der Waals surface area contributed by atoms with E-state index >= 15 is 0 Å². The van der Waals surface area contributed by atoms with Gasteiger partial charge in [0.25, 0.3) is 0 Å². The highest BCUT2D eigenvalue weighted by atomic mass is 35.5. The molecule has 7 heteroatoms. The van der Waals surface area contributed by atoms with Crippen LogP contribution in [0.3, 0.4) is 0 Å². The summed E-state index contributed by atoms with van der Waals surface area (Å²) in [7, 11) is 1.23. The van der Waals surface area contributed by atoms with E-state index in [-0.39, 0.29) is 23.0 Å². The first kappa shape index (κ1) is 16.9. The Labute approximate surface area is 136 Å². The number of phenolic OH excluding ortho intramolecular Hbond substituents is 1. The highest BCUT2D eigenvalue weighted by Gasteiger charge is 2.26. The predicted octanol–water partition coefficient (Wildman–Crippen LogP) is 2.71. The molecule has 0 amide bonds. The lowest BCUT2D eigenvalue weighted by molar-refractivity contribution is -0.140. The number of hydrogen-bond acceptors (Lipinski definition) is 6. The minimum atomic E-state index is -0.784. The molecule has 0 saturated heterocycles. The molecule has 0 spiro atoms. The van der Waals surface area contributed by atoms with Gasteiger partial charge in [-0.05, 0) is 24.6 Å². The van der Waals surface area contributed by atoms with Gasteiger partial charge in [0.1, 0.15) is 11.5 Å². The number of esters is 1. The van der Waals surface area contributed by atoms with Crippen LogP contribution in [0.15, 0.2) is 33.5 Å². The maximum Gasteiger partial charge on any atom is 0.306 e. The summed E-state index contributed by atoms with van der Waals surface area (Å²) in [4.78, 5) is 23.5. The van der Waals surface area contributed by atoms with E-state index in [2.05, 4.69) is 4.74 Å². The van der Waals surface area contributed by atoms with Crippen LogP contribution in [0.2, 0.25) is 5.02 Å². The second-order valence-electron chi connectivity index (χ2n) is 4.98. The van der Waals surface area contributed by atoms with Gasteiger partial charge in [0.05, 0.1) is 24.5 Å². The van der Waals surface area contributed by atoms with Crippen LogP contribution < -0.4 is 5.43 Å². The zero-order valence-electron chi connectivity index (χ0n) is 12.5. The second kappa shape index (κ2) is 6.75. The number of hydrogen-bond donors (Lipinski definition) is 2. The number of ether oxygens (including phenoxy) is 1. The molecule has 0 saturated carbocycles. The van der Waals surface area contributed by atoms with E-state index in [1.807, 2.05) is 0 Å². The van der Waals surface area contributed by atoms with Crippen molar-refractivity contribution in [1.29, 1.82) is 0 Å². The van der Waals surface area contributed by atoms with Crippen LogP contribution in [0.4, 0.5) is 0 Å². The zero-order chi connectivity index (χ0) is 17.1. The van der Waals surface area contributed by atoms with E-state index in [4.69, 9.17) is 16.0 Å². The number of phenols is 1. The predicted molar refractivity (Wildman–Crippen MR) is 83.0 cm³/mol. The minimum absolute atomic E-state index is 0.0536. The Balaban J connectivity index is 2.61. The maximum atomic E-state index is 11.8. The zero-order valence-corrected chi connectivity index (χ0v) is 13.3. The lowest BCUT2D eigenvalue weighted by atomic mass is 9.92. The monoisotopic (exact) mass is 338 g/mol. The Hall–Kier alpha value is -2.47. The minimum Gasteiger partial charge on any atom is -0.506 e. The van der Waals surface area contributed by atoms with Gasteiger partial charge in [0.15, 0.2) is 5.76 Å². The average Bonchev–Trinajstić information content (AvgIpc) is 2.51. The number of benzene rings is 1. The van der Waals surface area contributed by atoms with E-state index in [9.17, 15) is 19.8 Å². The molecule has 0 fully saturated rings. The van der Waals surface area contributed by atoms with E-state index in [1.165, 1.54) is 25.3 Å². The van der Waals surface area contributed by atoms with Gasteiger partial charge in [-0.2, -0.15) is 0 Å². The number of aromatic hydroxyl groups is 2. The highest BCUT2D eigenvalue weighted by Crippen LogP contribution is 2.36. The maximum absolute atomic E-state index is 11.8. The summed E-state index contributed by atoms with van der Waals surface area (Å²) in [6.07, 6.45) is -0.169. The molecule has 0 radical (unpaired) electrons. The quantitative estimate of drug-likeness (QED) is 0.832. The molecule has 1 aromatic heterocycles. The van der Waals surface area contributed by atoms with Crippen LogP contribution >= 0.6 is 11.6 Å². The van der Waals surface area contributed by atoms with Gasteiger partial charge >= 0.3 is 5.97 Å². The van der Waals surface area contributed by atoms with Crippen LogP contribution in [0.1, 0.15) is 29.4 Å². The Morgan fingerprint density at radius 1 is 1.35 bits per heavy atom. The molecule has 1 heterocycles. The van der Waals surface area contributed by atoms with Crippen molar-refractivity contribution < 1.29 is 24.2 Å². The van der Waals surface area contributed by atoms with Gasteiger partial charge in [0, 0.05) is 6.07 Å². The summed E-state index contributed by atoms with van der Waals surface area (Å²) in [5.41, 5.74) is -0.120. The molecule has 6 nitrogen and oxygen atoms in total. The summed E-state index contributed by atoms with van der Waals surface area (Å²) >= 11 is 5.90. The summed E-state index contributed by atoms with van der Waals surface area (Å²) in [6, 6.07) is 5.47. The Morgan fingerprint density at radius 3 is 2.65 bits per heavy atom. The van der Waals surface area contributed by atoms with Crippen molar-refractivity contribution in [3.8, 4) is 11.5 Å². The van der Waals surface area contributed by atoms with Gasteiger partial charge < -0.3 is 19.4 Å². The van der Waals surface area contributed by atoms with E-state index in [0.29, 0.717) is 11.3 Å². The molecular weight excluding hydrogens is 324 g/mol. The molecule has 1 aromatic carbocycles. The molecule has 0 aliphatic carbocycles. The number of carbonyl (C=O) groups excluding carboxylic acids is 1. The fourth-order valence-corrected chi connectivity index (χ4v) is 2.40. The number of halogens is 1. The van der Waals surface area contributed by atoms with Crippen molar-refractivity contribution in [2.75, 3.05) is 7.11 Å². The third kappa shape index (κ3) is 3.65. The Morgan fingerprint density at radius 2 is 2.04 bits per heavy atom. The van der Waals surface area contributed by atoms with Gasteiger partial charge in [-0.3, -0.25) is 9.59 Å². The normalized spacial score (nSPS) is 12.0. The van der Waals surface area contributed by atoms with E-state index in [0.717, 1.165) is 6.07 Å². The second-order valence-corrected chi connectivity index (χ2v) is 5.39. The summed E-state index contributed by atoms with van der Waals surface area (Å²) in [5, 5.41) is 19.6. The molecule has 0 bridgehead atoms. The number of aryl methyl sites for hydroxylation is 1. The molecule has 23 heavy (non-hydrogen) atoms. The van der Waals surface area contributed by atoms with Gasteiger partial charge in [0.2, 0.25) is 11.2 Å².